The lowest BCUT2D eigenvalue weighted by Crippen LogP contribution is -2.36. The second kappa shape index (κ2) is 7.87. The number of rotatable bonds is 5. The second-order valence-corrected chi connectivity index (χ2v) is 8.01. The van der Waals surface area contributed by atoms with Gasteiger partial charge in [0.05, 0.1) is 18.6 Å². The number of hydrogen-bond donors (Lipinski definition) is 0. The lowest BCUT2D eigenvalue weighted by atomic mass is 9.96. The topological polar surface area (TPSA) is 81.7 Å². The number of hydrogen-bond acceptors (Lipinski definition) is 6. The highest BCUT2D eigenvalue weighted by molar-refractivity contribution is 5.56. The maximum Gasteiger partial charge on any atom is 0.253 e. The van der Waals surface area contributed by atoms with Crippen LogP contribution in [0.3, 0.4) is 0 Å². The number of fused-ring (bicyclic) bond motifs is 1. The highest BCUT2D eigenvalue weighted by Gasteiger charge is 2.23. The molecular weight excluding hydrogens is 366 g/mol. The van der Waals surface area contributed by atoms with Gasteiger partial charge in [-0.2, -0.15) is 0 Å². The van der Waals surface area contributed by atoms with Crippen LogP contribution in [-0.4, -0.2) is 47.3 Å². The van der Waals surface area contributed by atoms with E-state index < -0.39 is 0 Å². The maximum absolute atomic E-state index is 12.5. The van der Waals surface area contributed by atoms with Crippen LogP contribution in [0.2, 0.25) is 0 Å². The highest BCUT2D eigenvalue weighted by atomic mass is 16.1. The van der Waals surface area contributed by atoms with Crippen molar-refractivity contribution >= 4 is 0 Å². The minimum Gasteiger partial charge on any atom is -0.314 e. The van der Waals surface area contributed by atoms with Crippen LogP contribution in [0.4, 0.5) is 0 Å². The first-order valence-corrected chi connectivity index (χ1v) is 10.4. The van der Waals surface area contributed by atoms with Crippen molar-refractivity contribution in [1.82, 2.24) is 34.2 Å². The molecule has 0 saturated carbocycles. The van der Waals surface area contributed by atoms with Gasteiger partial charge in [-0.25, -0.2) is 4.98 Å². The van der Waals surface area contributed by atoms with Crippen LogP contribution in [0, 0.1) is 5.92 Å². The van der Waals surface area contributed by atoms with E-state index in [-0.39, 0.29) is 5.56 Å². The SMILES string of the molecule is O=c1cc(-c2cccnc2)ncn1CC1CCN(Cc2nnc3n2CCC3)CC1. The van der Waals surface area contributed by atoms with E-state index in [2.05, 4.69) is 29.6 Å². The van der Waals surface area contributed by atoms with Crippen LogP contribution in [-0.2, 0) is 26.1 Å². The molecule has 0 radical (unpaired) electrons. The van der Waals surface area contributed by atoms with Crippen molar-refractivity contribution in [3.05, 3.63) is 58.9 Å². The molecule has 150 valence electrons. The van der Waals surface area contributed by atoms with Crippen molar-refractivity contribution in [1.29, 1.82) is 0 Å². The summed E-state index contributed by atoms with van der Waals surface area (Å²) in [5.41, 5.74) is 1.54. The van der Waals surface area contributed by atoms with Crippen LogP contribution in [0.15, 0.2) is 41.7 Å². The Hall–Kier alpha value is -2.87. The third-order valence-electron chi connectivity index (χ3n) is 6.05. The molecule has 0 spiro atoms. The molecule has 2 aliphatic rings. The van der Waals surface area contributed by atoms with Gasteiger partial charge in [0.25, 0.3) is 5.56 Å². The second-order valence-electron chi connectivity index (χ2n) is 8.01. The zero-order valence-corrected chi connectivity index (χ0v) is 16.4. The van der Waals surface area contributed by atoms with Crippen molar-refractivity contribution < 1.29 is 0 Å². The minimum atomic E-state index is 0.000283. The third kappa shape index (κ3) is 3.85. The normalized spacial score (nSPS) is 17.5. The summed E-state index contributed by atoms with van der Waals surface area (Å²) in [4.78, 5) is 23.6. The summed E-state index contributed by atoms with van der Waals surface area (Å²) in [6.45, 7) is 4.72. The molecule has 0 aliphatic carbocycles. The average molecular weight is 391 g/mol. The molecule has 3 aromatic rings. The number of aryl methyl sites for hydroxylation is 1. The fraction of sp³-hybridized carbons (Fsp3) is 0.476. The summed E-state index contributed by atoms with van der Waals surface area (Å²) < 4.78 is 4.02. The average Bonchev–Trinajstić information content (AvgIpc) is 3.37. The van der Waals surface area contributed by atoms with Crippen LogP contribution >= 0.6 is 0 Å². The van der Waals surface area contributed by atoms with Crippen LogP contribution in [0.1, 0.15) is 30.9 Å². The van der Waals surface area contributed by atoms with Crippen molar-refractivity contribution in [3.63, 3.8) is 0 Å². The van der Waals surface area contributed by atoms with Gasteiger partial charge in [0.1, 0.15) is 11.6 Å². The van der Waals surface area contributed by atoms with E-state index in [0.29, 0.717) is 11.6 Å². The summed E-state index contributed by atoms with van der Waals surface area (Å²) in [6, 6.07) is 5.38. The predicted octanol–water partition coefficient (Wildman–Crippen LogP) is 1.76. The molecule has 3 aromatic heterocycles. The Balaban J connectivity index is 1.18. The number of likely N-dealkylation sites (tertiary alicyclic amines) is 1. The molecule has 0 N–H and O–H groups in total. The molecule has 5 heterocycles. The Morgan fingerprint density at radius 1 is 1.14 bits per heavy atom. The largest absolute Gasteiger partial charge is 0.314 e. The Bertz CT molecular complexity index is 1030. The molecule has 0 amide bonds. The quantitative estimate of drug-likeness (QED) is 0.659. The van der Waals surface area contributed by atoms with E-state index in [1.807, 2.05) is 12.1 Å². The molecule has 1 fully saturated rings. The van der Waals surface area contributed by atoms with Crippen molar-refractivity contribution in [2.24, 2.45) is 5.92 Å². The molecule has 1 saturated heterocycles. The Labute approximate surface area is 169 Å². The smallest absolute Gasteiger partial charge is 0.253 e. The Morgan fingerprint density at radius 2 is 2.03 bits per heavy atom. The fourth-order valence-corrected chi connectivity index (χ4v) is 4.37. The molecule has 29 heavy (non-hydrogen) atoms. The van der Waals surface area contributed by atoms with Gasteiger partial charge in [-0.3, -0.25) is 19.2 Å². The van der Waals surface area contributed by atoms with E-state index in [4.69, 9.17) is 0 Å². The van der Waals surface area contributed by atoms with Crippen molar-refractivity contribution in [3.8, 4) is 11.3 Å². The molecule has 8 nitrogen and oxygen atoms in total. The van der Waals surface area contributed by atoms with Gasteiger partial charge < -0.3 is 4.57 Å². The standard InChI is InChI=1S/C21H25N7O/c29-21-11-18(17-3-1-7-22-12-17)23-15-27(21)13-16-5-9-26(10-6-16)14-20-25-24-19-4-2-8-28(19)20/h1,3,7,11-12,15-16H,2,4-6,8-10,13-14H2. The number of nitrogens with zero attached hydrogens (tertiary/aromatic N) is 7. The van der Waals surface area contributed by atoms with E-state index in [1.165, 1.54) is 6.42 Å². The van der Waals surface area contributed by atoms with E-state index >= 15 is 0 Å². The first-order valence-electron chi connectivity index (χ1n) is 10.4. The lowest BCUT2D eigenvalue weighted by Gasteiger charge is -2.31. The van der Waals surface area contributed by atoms with Gasteiger partial charge in [-0.1, -0.05) is 0 Å². The van der Waals surface area contributed by atoms with Gasteiger partial charge in [0, 0.05) is 43.5 Å². The number of pyridine rings is 1. The minimum absolute atomic E-state index is 0.000283. The van der Waals surface area contributed by atoms with E-state index in [0.717, 1.165) is 69.2 Å². The molecule has 0 unspecified atom stereocenters. The van der Waals surface area contributed by atoms with E-state index in [9.17, 15) is 4.79 Å². The molecular formula is C21H25N7O. The maximum atomic E-state index is 12.5. The summed E-state index contributed by atoms with van der Waals surface area (Å²) in [5, 5.41) is 8.69. The summed E-state index contributed by atoms with van der Waals surface area (Å²) in [6.07, 6.45) is 9.52. The van der Waals surface area contributed by atoms with Gasteiger partial charge >= 0.3 is 0 Å². The summed E-state index contributed by atoms with van der Waals surface area (Å²) in [7, 11) is 0. The van der Waals surface area contributed by atoms with Crippen molar-refractivity contribution in [2.75, 3.05) is 13.1 Å². The van der Waals surface area contributed by atoms with Crippen LogP contribution in [0.5, 0.6) is 0 Å². The zero-order chi connectivity index (χ0) is 19.6. The van der Waals surface area contributed by atoms with Crippen LogP contribution in [0.25, 0.3) is 11.3 Å². The molecule has 0 bridgehead atoms. The van der Waals surface area contributed by atoms with Crippen LogP contribution < -0.4 is 5.56 Å². The predicted molar refractivity (Wildman–Crippen MR) is 108 cm³/mol. The lowest BCUT2D eigenvalue weighted by molar-refractivity contribution is 0.161. The van der Waals surface area contributed by atoms with Gasteiger partial charge in [0.2, 0.25) is 0 Å². The Kier molecular flexibility index (Phi) is 4.93. The van der Waals surface area contributed by atoms with Gasteiger partial charge in [-0.15, -0.1) is 10.2 Å². The molecule has 8 heteroatoms. The van der Waals surface area contributed by atoms with Gasteiger partial charge in [0.15, 0.2) is 0 Å². The first kappa shape index (κ1) is 18.2. The van der Waals surface area contributed by atoms with Gasteiger partial charge in [-0.05, 0) is 50.4 Å². The third-order valence-corrected chi connectivity index (χ3v) is 6.05. The summed E-state index contributed by atoms with van der Waals surface area (Å²) >= 11 is 0. The molecule has 2 aliphatic heterocycles. The molecule has 0 aromatic carbocycles. The zero-order valence-electron chi connectivity index (χ0n) is 16.4. The monoisotopic (exact) mass is 391 g/mol. The number of piperidine rings is 1. The molecule has 0 atom stereocenters. The van der Waals surface area contributed by atoms with E-state index in [1.54, 1.807) is 29.4 Å². The Morgan fingerprint density at radius 3 is 2.83 bits per heavy atom. The fourth-order valence-electron chi connectivity index (χ4n) is 4.37. The highest BCUT2D eigenvalue weighted by Crippen LogP contribution is 2.22. The molecule has 5 rings (SSSR count). The summed E-state index contributed by atoms with van der Waals surface area (Å²) in [5.74, 6) is 2.73. The van der Waals surface area contributed by atoms with Crippen molar-refractivity contribution in [2.45, 2.75) is 45.3 Å². The first-order chi connectivity index (χ1) is 14.3. The number of aromatic nitrogens is 6.